The Bertz CT molecular complexity index is 733. The summed E-state index contributed by atoms with van der Waals surface area (Å²) in [6.45, 7) is -0.203. The minimum atomic E-state index is -0.946. The van der Waals surface area contributed by atoms with Crippen molar-refractivity contribution in [3.05, 3.63) is 39.2 Å². The van der Waals surface area contributed by atoms with Gasteiger partial charge in [-0.25, -0.2) is 0 Å². The van der Waals surface area contributed by atoms with Crippen LogP contribution in [0.25, 0.3) is 6.08 Å². The van der Waals surface area contributed by atoms with Gasteiger partial charge in [0.2, 0.25) is 5.91 Å². The first-order valence-corrected chi connectivity index (χ1v) is 8.97. The number of carboxylic acid groups (broad SMARTS) is 1. The molecule has 0 unspecified atom stereocenters. The van der Waals surface area contributed by atoms with Gasteiger partial charge in [-0.05, 0) is 42.0 Å². The summed E-state index contributed by atoms with van der Waals surface area (Å²) in [5, 5.41) is 10.5. The SMILES string of the molecule is O=C(O)CCCNC(=O)CN1C(=O)S/C(=C\c2ccc(Br)cc2)C1=O. The summed E-state index contributed by atoms with van der Waals surface area (Å²) in [6.07, 6.45) is 1.83. The molecular formula is C16H15BrN2O5S. The van der Waals surface area contributed by atoms with E-state index < -0.39 is 23.0 Å². The quantitative estimate of drug-likeness (QED) is 0.512. The number of hydrogen-bond acceptors (Lipinski definition) is 5. The molecule has 0 aromatic heterocycles. The van der Waals surface area contributed by atoms with Crippen molar-refractivity contribution in [2.75, 3.05) is 13.1 Å². The molecule has 1 aromatic carbocycles. The van der Waals surface area contributed by atoms with Crippen molar-refractivity contribution in [2.24, 2.45) is 0 Å². The lowest BCUT2D eigenvalue weighted by atomic mass is 10.2. The number of hydrogen-bond donors (Lipinski definition) is 2. The van der Waals surface area contributed by atoms with Crippen molar-refractivity contribution in [2.45, 2.75) is 12.8 Å². The molecule has 0 radical (unpaired) electrons. The first-order valence-electron chi connectivity index (χ1n) is 7.36. The molecule has 7 nitrogen and oxygen atoms in total. The van der Waals surface area contributed by atoms with E-state index in [4.69, 9.17) is 5.11 Å². The van der Waals surface area contributed by atoms with Crippen molar-refractivity contribution < 1.29 is 24.3 Å². The summed E-state index contributed by atoms with van der Waals surface area (Å²) in [5.41, 5.74) is 0.770. The van der Waals surface area contributed by atoms with Crippen LogP contribution in [0.4, 0.5) is 4.79 Å². The van der Waals surface area contributed by atoms with E-state index in [-0.39, 0.29) is 30.8 Å². The number of carboxylic acids is 1. The maximum atomic E-state index is 12.3. The molecule has 2 rings (SSSR count). The molecule has 1 fully saturated rings. The number of rotatable bonds is 7. The molecule has 0 saturated carbocycles. The number of benzene rings is 1. The van der Waals surface area contributed by atoms with E-state index in [0.29, 0.717) is 0 Å². The van der Waals surface area contributed by atoms with Crippen molar-refractivity contribution in [1.29, 1.82) is 0 Å². The van der Waals surface area contributed by atoms with E-state index >= 15 is 0 Å². The first-order chi connectivity index (χ1) is 11.9. The van der Waals surface area contributed by atoms with E-state index in [2.05, 4.69) is 21.2 Å². The van der Waals surface area contributed by atoms with Crippen molar-refractivity contribution in [1.82, 2.24) is 10.2 Å². The Balaban J connectivity index is 1.93. The number of carbonyl (C=O) groups is 4. The molecule has 1 heterocycles. The number of thioether (sulfide) groups is 1. The minimum Gasteiger partial charge on any atom is -0.481 e. The maximum Gasteiger partial charge on any atom is 0.303 e. The molecule has 0 spiro atoms. The second kappa shape index (κ2) is 8.82. The van der Waals surface area contributed by atoms with Gasteiger partial charge < -0.3 is 10.4 Å². The highest BCUT2D eigenvalue weighted by molar-refractivity contribution is 9.10. The highest BCUT2D eigenvalue weighted by atomic mass is 79.9. The molecule has 0 bridgehead atoms. The molecule has 0 atom stereocenters. The van der Waals surface area contributed by atoms with Gasteiger partial charge in [0.25, 0.3) is 11.1 Å². The molecule has 25 heavy (non-hydrogen) atoms. The molecule has 132 valence electrons. The van der Waals surface area contributed by atoms with Gasteiger partial charge in [-0.1, -0.05) is 28.1 Å². The fourth-order valence-corrected chi connectivity index (χ4v) is 3.12. The average molecular weight is 427 g/mol. The fourth-order valence-electron chi connectivity index (χ4n) is 2.01. The third-order valence-corrected chi connectivity index (χ3v) is 4.67. The van der Waals surface area contributed by atoms with Gasteiger partial charge in [-0.15, -0.1) is 0 Å². The van der Waals surface area contributed by atoms with Crippen LogP contribution < -0.4 is 5.32 Å². The summed E-state index contributed by atoms with van der Waals surface area (Å²) >= 11 is 4.10. The largest absolute Gasteiger partial charge is 0.481 e. The van der Waals surface area contributed by atoms with E-state index in [9.17, 15) is 19.2 Å². The Kier molecular flexibility index (Phi) is 6.77. The van der Waals surface area contributed by atoms with Gasteiger partial charge in [-0.3, -0.25) is 24.1 Å². The average Bonchev–Trinajstić information content (AvgIpc) is 2.81. The molecule has 1 aliphatic rings. The molecule has 1 saturated heterocycles. The molecule has 2 N–H and O–H groups in total. The van der Waals surface area contributed by atoms with Crippen LogP contribution in [0.3, 0.4) is 0 Å². The van der Waals surface area contributed by atoms with Crippen LogP contribution in [0.1, 0.15) is 18.4 Å². The van der Waals surface area contributed by atoms with Crippen molar-refractivity contribution in [3.8, 4) is 0 Å². The Labute approximate surface area is 156 Å². The lowest BCUT2D eigenvalue weighted by Gasteiger charge is -2.12. The Morgan fingerprint density at radius 1 is 1.24 bits per heavy atom. The number of aliphatic carboxylic acids is 1. The predicted molar refractivity (Wildman–Crippen MR) is 96.7 cm³/mol. The van der Waals surface area contributed by atoms with E-state index in [1.807, 2.05) is 12.1 Å². The zero-order valence-corrected chi connectivity index (χ0v) is 15.4. The third-order valence-electron chi connectivity index (χ3n) is 3.23. The number of carbonyl (C=O) groups excluding carboxylic acids is 3. The highest BCUT2D eigenvalue weighted by Gasteiger charge is 2.36. The predicted octanol–water partition coefficient (Wildman–Crippen LogP) is 2.47. The number of imide groups is 1. The zero-order chi connectivity index (χ0) is 18.4. The van der Waals surface area contributed by atoms with E-state index in [1.54, 1.807) is 18.2 Å². The van der Waals surface area contributed by atoms with E-state index in [0.717, 1.165) is 26.7 Å². The van der Waals surface area contributed by atoms with Gasteiger partial charge >= 0.3 is 5.97 Å². The first kappa shape index (κ1) is 19.2. The molecule has 9 heteroatoms. The maximum absolute atomic E-state index is 12.3. The minimum absolute atomic E-state index is 0.0578. The van der Waals surface area contributed by atoms with E-state index in [1.165, 1.54) is 0 Å². The Morgan fingerprint density at radius 2 is 1.92 bits per heavy atom. The summed E-state index contributed by atoms with van der Waals surface area (Å²) in [7, 11) is 0. The lowest BCUT2D eigenvalue weighted by Crippen LogP contribution is -2.39. The normalized spacial score (nSPS) is 15.7. The molecular weight excluding hydrogens is 412 g/mol. The third kappa shape index (κ3) is 5.71. The summed E-state index contributed by atoms with van der Waals surface area (Å²) in [6, 6.07) is 7.24. The van der Waals surface area contributed by atoms with Crippen LogP contribution in [0.2, 0.25) is 0 Å². The highest BCUT2D eigenvalue weighted by Crippen LogP contribution is 2.32. The number of amides is 3. The van der Waals surface area contributed by atoms with Crippen LogP contribution in [-0.2, 0) is 14.4 Å². The van der Waals surface area contributed by atoms with Gasteiger partial charge in [0.1, 0.15) is 6.54 Å². The second-order valence-corrected chi connectivity index (χ2v) is 7.08. The van der Waals surface area contributed by atoms with Crippen LogP contribution in [0, 0.1) is 0 Å². The second-order valence-electron chi connectivity index (χ2n) is 5.17. The Hall–Kier alpha value is -2.13. The van der Waals surface area contributed by atoms with Crippen LogP contribution in [0.5, 0.6) is 0 Å². The van der Waals surface area contributed by atoms with Crippen LogP contribution in [-0.4, -0.2) is 46.1 Å². The fraction of sp³-hybridized carbons (Fsp3) is 0.250. The lowest BCUT2D eigenvalue weighted by molar-refractivity contribution is -0.137. The van der Waals surface area contributed by atoms with Gasteiger partial charge in [0.15, 0.2) is 0 Å². The number of nitrogens with one attached hydrogen (secondary N) is 1. The van der Waals surface area contributed by atoms with Crippen molar-refractivity contribution >= 4 is 56.8 Å². The van der Waals surface area contributed by atoms with Crippen molar-refractivity contribution in [3.63, 3.8) is 0 Å². The molecule has 1 aromatic rings. The van der Waals surface area contributed by atoms with Crippen LogP contribution in [0.15, 0.2) is 33.6 Å². The Morgan fingerprint density at radius 3 is 2.56 bits per heavy atom. The molecule has 0 aliphatic carbocycles. The molecule has 3 amide bonds. The monoisotopic (exact) mass is 426 g/mol. The zero-order valence-electron chi connectivity index (χ0n) is 13.0. The van der Waals surface area contributed by atoms with Crippen LogP contribution >= 0.6 is 27.7 Å². The number of halogens is 1. The van der Waals surface area contributed by atoms with Gasteiger partial charge in [-0.2, -0.15) is 0 Å². The number of nitrogens with zero attached hydrogens (tertiary/aromatic N) is 1. The summed E-state index contributed by atoms with van der Waals surface area (Å²) in [5.74, 6) is -1.96. The summed E-state index contributed by atoms with van der Waals surface area (Å²) < 4.78 is 0.900. The molecule has 1 aliphatic heterocycles. The smallest absolute Gasteiger partial charge is 0.303 e. The van der Waals surface area contributed by atoms with Gasteiger partial charge in [0, 0.05) is 17.4 Å². The summed E-state index contributed by atoms with van der Waals surface area (Å²) in [4.78, 5) is 47.6. The standard InChI is InChI=1S/C16H15BrN2O5S/c17-11-5-3-10(4-6-11)8-12-15(23)19(16(24)25-12)9-13(20)18-7-1-2-14(21)22/h3-6,8H,1-2,7,9H2,(H,18,20)(H,21,22)/b12-8-. The topological polar surface area (TPSA) is 104 Å². The van der Waals surface area contributed by atoms with Gasteiger partial charge in [0.05, 0.1) is 4.91 Å².